The summed E-state index contributed by atoms with van der Waals surface area (Å²) >= 11 is 0. The summed E-state index contributed by atoms with van der Waals surface area (Å²) in [6.07, 6.45) is 17.5. The van der Waals surface area contributed by atoms with Gasteiger partial charge in [0.2, 0.25) is 0 Å². The fraction of sp³-hybridized carbons (Fsp3) is 0.818. The van der Waals surface area contributed by atoms with Crippen molar-refractivity contribution in [2.24, 2.45) is 5.92 Å². The molecule has 1 rings (SSSR count). The number of carbonyl (C=O) groups excluding carboxylic acids is 2. The molecule has 0 radical (unpaired) electrons. The van der Waals surface area contributed by atoms with Gasteiger partial charge in [0, 0.05) is 12.2 Å². The molecule has 0 saturated heterocycles. The van der Waals surface area contributed by atoms with Gasteiger partial charge in [-0.3, -0.25) is 0 Å². The Hall–Kier alpha value is -1.32. The van der Waals surface area contributed by atoms with Crippen LogP contribution in [0, 0.1) is 5.92 Å². The van der Waals surface area contributed by atoms with Gasteiger partial charge in [-0.15, -0.1) is 0 Å². The zero-order valence-corrected chi connectivity index (χ0v) is 16.8. The van der Waals surface area contributed by atoms with Crippen LogP contribution in [0.4, 0.5) is 0 Å². The number of ether oxygens (including phenoxy) is 2. The van der Waals surface area contributed by atoms with Crippen molar-refractivity contribution in [1.82, 2.24) is 0 Å². The summed E-state index contributed by atoms with van der Waals surface area (Å²) in [5, 5.41) is 0. The van der Waals surface area contributed by atoms with Gasteiger partial charge in [-0.1, -0.05) is 65.2 Å². The first kappa shape index (κ1) is 22.7. The zero-order valence-electron chi connectivity index (χ0n) is 16.8. The van der Waals surface area contributed by atoms with Crippen LogP contribution in [0.3, 0.4) is 0 Å². The highest BCUT2D eigenvalue weighted by atomic mass is 16.5. The van der Waals surface area contributed by atoms with Gasteiger partial charge in [0.1, 0.15) is 6.10 Å². The van der Waals surface area contributed by atoms with Gasteiger partial charge < -0.3 is 9.47 Å². The molecule has 4 heteroatoms. The molecular formula is C22H38O4. The van der Waals surface area contributed by atoms with E-state index in [9.17, 15) is 9.59 Å². The molecule has 1 fully saturated rings. The Bertz CT molecular complexity index is 416. The van der Waals surface area contributed by atoms with E-state index in [1.54, 1.807) is 0 Å². The maximum Gasteiger partial charge on any atom is 0.331 e. The normalized spacial score (nSPS) is 20.2. The molecule has 0 aromatic rings. The fourth-order valence-electron chi connectivity index (χ4n) is 3.58. The van der Waals surface area contributed by atoms with E-state index in [2.05, 4.69) is 13.8 Å². The summed E-state index contributed by atoms with van der Waals surface area (Å²) in [7, 11) is 0. The Kier molecular flexibility index (Phi) is 12.9. The Morgan fingerprint density at radius 3 is 2.15 bits per heavy atom. The third-order valence-corrected chi connectivity index (χ3v) is 5.23. The first-order valence-electron chi connectivity index (χ1n) is 10.7. The fourth-order valence-corrected chi connectivity index (χ4v) is 3.58. The lowest BCUT2D eigenvalue weighted by atomic mass is 9.85. The quantitative estimate of drug-likeness (QED) is 0.237. The van der Waals surface area contributed by atoms with Crippen LogP contribution in [0.15, 0.2) is 12.2 Å². The summed E-state index contributed by atoms with van der Waals surface area (Å²) < 4.78 is 10.6. The predicted octanol–water partition coefficient (Wildman–Crippen LogP) is 5.74. The minimum absolute atomic E-state index is 0.000698. The molecule has 0 aliphatic heterocycles. The van der Waals surface area contributed by atoms with Crippen LogP contribution < -0.4 is 0 Å². The average molecular weight is 367 g/mol. The number of hydrogen-bond acceptors (Lipinski definition) is 4. The van der Waals surface area contributed by atoms with Crippen LogP contribution >= 0.6 is 0 Å². The third kappa shape index (κ3) is 10.6. The van der Waals surface area contributed by atoms with Crippen LogP contribution in [0.25, 0.3) is 0 Å². The minimum atomic E-state index is -0.458. The standard InChI is InChI=1S/C22H38O4/c1-3-5-6-7-8-9-10-13-18-25-21(23)16-17-22(24)26-20-15-12-11-14-19(20)4-2/h16-17,19-20H,3-15,18H2,1-2H3/b17-16+. The zero-order chi connectivity index (χ0) is 19.0. The lowest BCUT2D eigenvalue weighted by molar-refractivity contribution is -0.148. The van der Waals surface area contributed by atoms with Crippen molar-refractivity contribution in [3.63, 3.8) is 0 Å². The molecule has 2 atom stereocenters. The van der Waals surface area contributed by atoms with Crippen molar-refractivity contribution in [2.45, 2.75) is 103 Å². The van der Waals surface area contributed by atoms with Crippen molar-refractivity contribution >= 4 is 11.9 Å². The molecule has 1 aliphatic carbocycles. The molecule has 0 spiro atoms. The second-order valence-electron chi connectivity index (χ2n) is 7.40. The third-order valence-electron chi connectivity index (χ3n) is 5.23. The number of esters is 2. The van der Waals surface area contributed by atoms with E-state index in [1.165, 1.54) is 57.1 Å². The number of carbonyl (C=O) groups is 2. The van der Waals surface area contributed by atoms with E-state index < -0.39 is 11.9 Å². The molecule has 4 nitrogen and oxygen atoms in total. The van der Waals surface area contributed by atoms with Crippen LogP contribution in [0.2, 0.25) is 0 Å². The Morgan fingerprint density at radius 1 is 0.846 bits per heavy atom. The van der Waals surface area contributed by atoms with Crippen molar-refractivity contribution in [1.29, 1.82) is 0 Å². The Morgan fingerprint density at radius 2 is 1.46 bits per heavy atom. The monoisotopic (exact) mass is 366 g/mol. The van der Waals surface area contributed by atoms with Gasteiger partial charge in [0.25, 0.3) is 0 Å². The summed E-state index contributed by atoms with van der Waals surface area (Å²) in [4.78, 5) is 23.5. The highest BCUT2D eigenvalue weighted by molar-refractivity contribution is 5.91. The van der Waals surface area contributed by atoms with Crippen molar-refractivity contribution < 1.29 is 19.1 Å². The molecule has 1 aliphatic rings. The van der Waals surface area contributed by atoms with E-state index in [0.717, 1.165) is 38.5 Å². The van der Waals surface area contributed by atoms with E-state index in [1.807, 2.05) is 0 Å². The molecule has 1 saturated carbocycles. The lowest BCUT2D eigenvalue weighted by Gasteiger charge is -2.29. The minimum Gasteiger partial charge on any atom is -0.463 e. The van der Waals surface area contributed by atoms with Crippen LogP contribution in [-0.4, -0.2) is 24.6 Å². The predicted molar refractivity (Wildman–Crippen MR) is 105 cm³/mol. The van der Waals surface area contributed by atoms with Crippen LogP contribution in [0.5, 0.6) is 0 Å². The van der Waals surface area contributed by atoms with Crippen molar-refractivity contribution in [3.8, 4) is 0 Å². The molecule has 2 unspecified atom stereocenters. The van der Waals surface area contributed by atoms with Crippen LogP contribution in [-0.2, 0) is 19.1 Å². The molecule has 150 valence electrons. The summed E-state index contributed by atoms with van der Waals surface area (Å²) in [6, 6.07) is 0. The largest absolute Gasteiger partial charge is 0.463 e. The summed E-state index contributed by atoms with van der Waals surface area (Å²) in [5.41, 5.74) is 0. The topological polar surface area (TPSA) is 52.6 Å². The van der Waals surface area contributed by atoms with Gasteiger partial charge >= 0.3 is 11.9 Å². The van der Waals surface area contributed by atoms with Crippen molar-refractivity contribution in [2.75, 3.05) is 6.61 Å². The molecule has 0 aromatic carbocycles. The second kappa shape index (κ2) is 14.8. The molecule has 0 aromatic heterocycles. The number of hydrogen-bond donors (Lipinski definition) is 0. The van der Waals surface area contributed by atoms with E-state index in [-0.39, 0.29) is 6.10 Å². The molecule has 0 heterocycles. The molecule has 0 amide bonds. The second-order valence-corrected chi connectivity index (χ2v) is 7.40. The number of unbranched alkanes of at least 4 members (excludes halogenated alkanes) is 7. The maximum absolute atomic E-state index is 11.9. The SMILES string of the molecule is CCCCCCCCCCOC(=O)/C=C/C(=O)OC1CCCCC1CC. The average Bonchev–Trinajstić information content (AvgIpc) is 2.65. The Balaban J connectivity index is 2.07. The molecule has 26 heavy (non-hydrogen) atoms. The van der Waals surface area contributed by atoms with Gasteiger partial charge in [0.05, 0.1) is 6.61 Å². The van der Waals surface area contributed by atoms with E-state index in [0.29, 0.717) is 12.5 Å². The Labute approximate surface area is 159 Å². The highest BCUT2D eigenvalue weighted by Gasteiger charge is 2.26. The van der Waals surface area contributed by atoms with Gasteiger partial charge in [-0.25, -0.2) is 9.59 Å². The van der Waals surface area contributed by atoms with Gasteiger partial charge in [-0.05, 0) is 38.0 Å². The van der Waals surface area contributed by atoms with Gasteiger partial charge in [-0.2, -0.15) is 0 Å². The highest BCUT2D eigenvalue weighted by Crippen LogP contribution is 2.29. The smallest absolute Gasteiger partial charge is 0.331 e. The van der Waals surface area contributed by atoms with Crippen molar-refractivity contribution in [3.05, 3.63) is 12.2 Å². The first-order valence-corrected chi connectivity index (χ1v) is 10.7. The maximum atomic E-state index is 11.9. The first-order chi connectivity index (χ1) is 12.7. The number of rotatable bonds is 13. The molecular weight excluding hydrogens is 328 g/mol. The molecule has 0 N–H and O–H groups in total. The molecule has 0 bridgehead atoms. The summed E-state index contributed by atoms with van der Waals surface area (Å²) in [5.74, 6) is -0.435. The van der Waals surface area contributed by atoms with Gasteiger partial charge in [0.15, 0.2) is 0 Å². The van der Waals surface area contributed by atoms with Crippen LogP contribution in [0.1, 0.15) is 97.3 Å². The van der Waals surface area contributed by atoms with E-state index >= 15 is 0 Å². The summed E-state index contributed by atoms with van der Waals surface area (Å²) in [6.45, 7) is 4.78. The lowest BCUT2D eigenvalue weighted by Crippen LogP contribution is -2.29. The van der Waals surface area contributed by atoms with E-state index in [4.69, 9.17) is 9.47 Å².